The molecule has 0 aliphatic rings. The second kappa shape index (κ2) is 5.34. The van der Waals surface area contributed by atoms with Gasteiger partial charge >= 0.3 is 5.82 Å². The number of benzene rings is 1. The van der Waals surface area contributed by atoms with Crippen molar-refractivity contribution in [2.75, 3.05) is 0 Å². The summed E-state index contributed by atoms with van der Waals surface area (Å²) >= 11 is 1.38. The predicted molar refractivity (Wildman–Crippen MR) is 77.8 cm³/mol. The number of imidazole rings is 1. The van der Waals surface area contributed by atoms with Crippen LogP contribution in [0.5, 0.6) is 0 Å². The quantitative estimate of drug-likeness (QED) is 0.418. The van der Waals surface area contributed by atoms with Crippen molar-refractivity contribution in [3.8, 4) is 0 Å². The van der Waals surface area contributed by atoms with E-state index in [4.69, 9.17) is 0 Å². The van der Waals surface area contributed by atoms with Gasteiger partial charge in [0.2, 0.25) is 5.65 Å². The number of thioether (sulfide) groups is 1. The zero-order chi connectivity index (χ0) is 13.9. The molecular weight excluding hydrogens is 274 g/mol. The van der Waals surface area contributed by atoms with Gasteiger partial charge in [-0.2, -0.15) is 9.38 Å². The fourth-order valence-corrected chi connectivity index (χ4v) is 2.91. The summed E-state index contributed by atoms with van der Waals surface area (Å²) in [6.45, 7) is 0. The zero-order valence-corrected chi connectivity index (χ0v) is 11.3. The van der Waals surface area contributed by atoms with E-state index in [2.05, 4.69) is 4.98 Å². The molecule has 20 heavy (non-hydrogen) atoms. The highest BCUT2D eigenvalue weighted by Crippen LogP contribution is 2.31. The summed E-state index contributed by atoms with van der Waals surface area (Å²) in [6.07, 6.45) is 1.66. The van der Waals surface area contributed by atoms with Crippen LogP contribution in [0.1, 0.15) is 5.56 Å². The monoisotopic (exact) mass is 285 g/mol. The molecule has 0 radical (unpaired) electrons. The number of nitro groups is 1. The van der Waals surface area contributed by atoms with Crippen molar-refractivity contribution in [1.29, 1.82) is 0 Å². The van der Waals surface area contributed by atoms with E-state index < -0.39 is 0 Å². The second-order valence-corrected chi connectivity index (χ2v) is 5.16. The molecule has 0 unspecified atom stereocenters. The summed E-state index contributed by atoms with van der Waals surface area (Å²) in [6, 6.07) is 15.2. The third kappa shape index (κ3) is 2.37. The standard InChI is InChI=1S/C14H11N3O2S/c18-17(19)14-13(15-12-8-4-5-9-16(12)14)20-10-11-6-2-1-3-7-11/h1-9H,10H2. The van der Waals surface area contributed by atoms with Crippen molar-refractivity contribution < 1.29 is 4.92 Å². The molecule has 5 nitrogen and oxygen atoms in total. The second-order valence-electron chi connectivity index (χ2n) is 4.20. The average Bonchev–Trinajstić information content (AvgIpc) is 2.84. The Bertz CT molecular complexity index is 755. The Hall–Kier alpha value is -2.34. The van der Waals surface area contributed by atoms with Crippen LogP contribution in [-0.4, -0.2) is 14.3 Å². The number of nitrogens with zero attached hydrogens (tertiary/aromatic N) is 3. The molecule has 3 rings (SSSR count). The highest BCUT2D eigenvalue weighted by atomic mass is 32.2. The van der Waals surface area contributed by atoms with Gasteiger partial charge in [-0.3, -0.25) is 0 Å². The van der Waals surface area contributed by atoms with Gasteiger partial charge in [0.05, 0.1) is 6.20 Å². The van der Waals surface area contributed by atoms with E-state index in [1.165, 1.54) is 16.2 Å². The number of hydrogen-bond acceptors (Lipinski definition) is 4. The Balaban J connectivity index is 1.95. The molecule has 1 aromatic carbocycles. The lowest BCUT2D eigenvalue weighted by Crippen LogP contribution is -1.94. The molecular formula is C14H11N3O2S. The van der Waals surface area contributed by atoms with E-state index in [1.807, 2.05) is 36.4 Å². The van der Waals surface area contributed by atoms with Crippen molar-refractivity contribution >= 4 is 23.2 Å². The number of hydrogen-bond donors (Lipinski definition) is 0. The van der Waals surface area contributed by atoms with E-state index in [0.29, 0.717) is 16.4 Å². The van der Waals surface area contributed by atoms with Gasteiger partial charge in [0.1, 0.15) is 0 Å². The molecule has 0 saturated carbocycles. The molecule has 0 aliphatic carbocycles. The normalized spacial score (nSPS) is 10.8. The highest BCUT2D eigenvalue weighted by Gasteiger charge is 2.22. The van der Waals surface area contributed by atoms with Gasteiger partial charge in [-0.1, -0.05) is 48.2 Å². The molecule has 100 valence electrons. The fraction of sp³-hybridized carbons (Fsp3) is 0.0714. The smallest absolute Gasteiger partial charge is 0.358 e. The van der Waals surface area contributed by atoms with Gasteiger partial charge in [-0.15, -0.1) is 0 Å². The molecule has 0 amide bonds. The van der Waals surface area contributed by atoms with Gasteiger partial charge in [0, 0.05) is 11.8 Å². The Morgan fingerprint density at radius 2 is 1.90 bits per heavy atom. The maximum Gasteiger partial charge on any atom is 0.361 e. The van der Waals surface area contributed by atoms with Crippen LogP contribution in [0.15, 0.2) is 59.8 Å². The SMILES string of the molecule is O=[N+]([O-])c1c(SCc2ccccc2)nc2ccccn12. The zero-order valence-electron chi connectivity index (χ0n) is 10.5. The lowest BCUT2D eigenvalue weighted by atomic mass is 10.2. The Morgan fingerprint density at radius 1 is 1.15 bits per heavy atom. The van der Waals surface area contributed by atoms with Crippen LogP contribution >= 0.6 is 11.8 Å². The van der Waals surface area contributed by atoms with Crippen molar-refractivity contribution in [3.63, 3.8) is 0 Å². The molecule has 0 atom stereocenters. The summed E-state index contributed by atoms with van der Waals surface area (Å²) in [5, 5.41) is 11.7. The van der Waals surface area contributed by atoms with Gasteiger partial charge in [0.25, 0.3) is 0 Å². The molecule has 2 aromatic heterocycles. The predicted octanol–water partition coefficient (Wildman–Crippen LogP) is 3.53. The molecule has 0 spiro atoms. The Labute approximate surface area is 119 Å². The van der Waals surface area contributed by atoms with Crippen LogP contribution in [0.25, 0.3) is 5.65 Å². The van der Waals surface area contributed by atoms with Gasteiger partial charge < -0.3 is 10.1 Å². The summed E-state index contributed by atoms with van der Waals surface area (Å²) in [5.74, 6) is 0.687. The first-order chi connectivity index (χ1) is 9.75. The number of fused-ring (bicyclic) bond motifs is 1. The minimum absolute atomic E-state index is 0.0292. The van der Waals surface area contributed by atoms with Crippen LogP contribution in [0, 0.1) is 10.1 Å². The van der Waals surface area contributed by atoms with E-state index in [-0.39, 0.29) is 10.7 Å². The van der Waals surface area contributed by atoms with Crippen LogP contribution < -0.4 is 0 Å². The Kier molecular flexibility index (Phi) is 3.39. The summed E-state index contributed by atoms with van der Waals surface area (Å²) < 4.78 is 1.51. The number of aromatic nitrogens is 2. The van der Waals surface area contributed by atoms with Gasteiger partial charge in [-0.05, 0) is 16.6 Å². The average molecular weight is 285 g/mol. The molecule has 2 heterocycles. The maximum absolute atomic E-state index is 11.2. The van der Waals surface area contributed by atoms with Gasteiger partial charge in [0.15, 0.2) is 5.03 Å². The summed E-state index contributed by atoms with van der Waals surface area (Å²) in [4.78, 5) is 15.2. The first kappa shape index (κ1) is 12.7. The molecule has 0 bridgehead atoms. The summed E-state index contributed by atoms with van der Waals surface area (Å²) in [5.41, 5.74) is 1.71. The molecule has 0 aliphatic heterocycles. The molecule has 0 saturated heterocycles. The highest BCUT2D eigenvalue weighted by molar-refractivity contribution is 7.98. The maximum atomic E-state index is 11.2. The van der Waals surface area contributed by atoms with Crippen LogP contribution in [0.2, 0.25) is 0 Å². The van der Waals surface area contributed by atoms with Crippen molar-refractivity contribution in [2.45, 2.75) is 10.8 Å². The first-order valence-corrected chi connectivity index (χ1v) is 7.02. The van der Waals surface area contributed by atoms with E-state index >= 15 is 0 Å². The van der Waals surface area contributed by atoms with Crippen LogP contribution in [-0.2, 0) is 5.75 Å². The summed E-state index contributed by atoms with van der Waals surface area (Å²) in [7, 11) is 0. The van der Waals surface area contributed by atoms with E-state index in [9.17, 15) is 10.1 Å². The largest absolute Gasteiger partial charge is 0.361 e. The van der Waals surface area contributed by atoms with Crippen molar-refractivity contribution in [1.82, 2.24) is 9.38 Å². The molecule has 3 aromatic rings. The molecule has 0 N–H and O–H groups in total. The lowest BCUT2D eigenvalue weighted by Gasteiger charge is -1.99. The van der Waals surface area contributed by atoms with Crippen LogP contribution in [0.3, 0.4) is 0 Å². The lowest BCUT2D eigenvalue weighted by molar-refractivity contribution is -0.393. The molecule has 6 heteroatoms. The minimum Gasteiger partial charge on any atom is -0.358 e. The van der Waals surface area contributed by atoms with Gasteiger partial charge in [-0.25, -0.2) is 0 Å². The third-order valence-electron chi connectivity index (χ3n) is 2.87. The Morgan fingerprint density at radius 3 is 2.65 bits per heavy atom. The van der Waals surface area contributed by atoms with E-state index in [0.717, 1.165) is 5.56 Å². The minimum atomic E-state index is -0.382. The first-order valence-electron chi connectivity index (χ1n) is 6.04. The van der Waals surface area contributed by atoms with Crippen molar-refractivity contribution in [3.05, 3.63) is 70.4 Å². The number of pyridine rings is 1. The van der Waals surface area contributed by atoms with Crippen LogP contribution in [0.4, 0.5) is 5.82 Å². The third-order valence-corrected chi connectivity index (χ3v) is 3.89. The van der Waals surface area contributed by atoms with E-state index in [1.54, 1.807) is 18.3 Å². The topological polar surface area (TPSA) is 60.4 Å². The van der Waals surface area contributed by atoms with Crippen molar-refractivity contribution in [2.24, 2.45) is 0 Å². The molecule has 0 fully saturated rings. The number of rotatable bonds is 4. The fourth-order valence-electron chi connectivity index (χ4n) is 1.95.